The average Bonchev–Trinajstić information content (AvgIpc) is 3.53. The number of rotatable bonds is 14. The fourth-order valence-electron chi connectivity index (χ4n) is 4.55. The Hall–Kier alpha value is -3.75. The molecule has 17 heteroatoms. The van der Waals surface area contributed by atoms with E-state index in [1.165, 1.54) is 29.9 Å². The van der Waals surface area contributed by atoms with Crippen LogP contribution in [0.15, 0.2) is 53.9 Å². The summed E-state index contributed by atoms with van der Waals surface area (Å²) in [4.78, 5) is 19.4. The molecule has 1 saturated heterocycles. The Bertz CT molecular complexity index is 1500. The fraction of sp³-hybridized carbons (Fsp3) is 0.500. The summed E-state index contributed by atoms with van der Waals surface area (Å²) in [7, 11) is -4.45. The van der Waals surface area contributed by atoms with Gasteiger partial charge in [-0.25, -0.2) is 14.1 Å². The molecule has 0 spiro atoms. The van der Waals surface area contributed by atoms with Crippen molar-refractivity contribution in [2.24, 2.45) is 11.0 Å². The number of nitrogens with one attached hydrogen (secondary N) is 1. The van der Waals surface area contributed by atoms with Gasteiger partial charge in [0.2, 0.25) is 0 Å². The molecule has 1 fully saturated rings. The number of hydrogen-bond donors (Lipinski definition) is 4. The SMILES string of the molecule is CCC(CC)COC(=O)[C@H](C)NP(=O)(OCC1(N=[N+]=[N-])O[C@@H](c2ccc3c(N)ncnn23)[C@H](O)[C@@H]1O)Oc1ccccc1. The molecule has 6 atom stereocenters. The molecule has 1 aliphatic rings. The molecule has 43 heavy (non-hydrogen) atoms. The minimum atomic E-state index is -4.45. The van der Waals surface area contributed by atoms with E-state index in [1.807, 2.05) is 13.8 Å². The number of aliphatic hydroxyl groups excluding tert-OH is 2. The first-order valence-electron chi connectivity index (χ1n) is 13.7. The Kier molecular flexibility index (Phi) is 10.2. The molecule has 2 aromatic heterocycles. The van der Waals surface area contributed by atoms with Crippen LogP contribution in [-0.4, -0.2) is 68.0 Å². The molecule has 3 heterocycles. The molecule has 0 aliphatic carbocycles. The summed E-state index contributed by atoms with van der Waals surface area (Å²) >= 11 is 0. The molecule has 2 unspecified atom stereocenters. The summed E-state index contributed by atoms with van der Waals surface area (Å²) < 4.78 is 38.0. The molecule has 3 aromatic rings. The van der Waals surface area contributed by atoms with Gasteiger partial charge < -0.3 is 29.9 Å². The van der Waals surface area contributed by atoms with Crippen LogP contribution < -0.4 is 15.3 Å². The highest BCUT2D eigenvalue weighted by atomic mass is 31.2. The maximum atomic E-state index is 14.0. The van der Waals surface area contributed by atoms with Gasteiger partial charge in [-0.1, -0.05) is 50.0 Å². The zero-order valence-corrected chi connectivity index (χ0v) is 24.8. The van der Waals surface area contributed by atoms with E-state index in [-0.39, 0.29) is 29.8 Å². The van der Waals surface area contributed by atoms with Gasteiger partial charge in [0.25, 0.3) is 0 Å². The molecule has 0 radical (unpaired) electrons. The third-order valence-corrected chi connectivity index (χ3v) is 8.80. The van der Waals surface area contributed by atoms with Crippen molar-refractivity contribution in [1.29, 1.82) is 0 Å². The van der Waals surface area contributed by atoms with E-state index in [2.05, 4.69) is 25.2 Å². The van der Waals surface area contributed by atoms with Crippen molar-refractivity contribution in [3.63, 3.8) is 0 Å². The van der Waals surface area contributed by atoms with Crippen LogP contribution in [0.5, 0.6) is 5.75 Å². The fourth-order valence-corrected chi connectivity index (χ4v) is 6.06. The number of para-hydroxylation sites is 1. The van der Waals surface area contributed by atoms with Crippen molar-refractivity contribution >= 4 is 25.1 Å². The van der Waals surface area contributed by atoms with E-state index in [0.29, 0.717) is 5.52 Å². The van der Waals surface area contributed by atoms with Gasteiger partial charge in [0.1, 0.15) is 41.9 Å². The highest BCUT2D eigenvalue weighted by Crippen LogP contribution is 2.49. The second-order valence-electron chi connectivity index (χ2n) is 10.0. The lowest BCUT2D eigenvalue weighted by Gasteiger charge is -2.29. The Morgan fingerprint density at radius 3 is 2.67 bits per heavy atom. The Labute approximate surface area is 247 Å². The van der Waals surface area contributed by atoms with Gasteiger partial charge in [-0.05, 0) is 42.6 Å². The molecular weight excluding hydrogens is 583 g/mol. The maximum Gasteiger partial charge on any atom is 0.459 e. The third kappa shape index (κ3) is 7.08. The Morgan fingerprint density at radius 1 is 1.28 bits per heavy atom. The zero-order valence-electron chi connectivity index (χ0n) is 23.9. The summed E-state index contributed by atoms with van der Waals surface area (Å²) in [5.74, 6) is -0.219. The summed E-state index contributed by atoms with van der Waals surface area (Å²) in [5.41, 5.74) is 13.7. The number of aromatic nitrogens is 3. The monoisotopic (exact) mass is 618 g/mol. The number of ether oxygens (including phenoxy) is 2. The molecule has 0 bridgehead atoms. The van der Waals surface area contributed by atoms with Crippen molar-refractivity contribution in [1.82, 2.24) is 19.7 Å². The number of nitrogens with zero attached hydrogens (tertiary/aromatic N) is 6. The molecule has 1 aliphatic heterocycles. The largest absolute Gasteiger partial charge is 0.464 e. The number of nitrogens with two attached hydrogens (primary N) is 1. The number of azide groups is 1. The number of aliphatic hydroxyl groups is 2. The number of anilines is 1. The number of carbonyl (C=O) groups is 1. The van der Waals surface area contributed by atoms with Crippen LogP contribution in [0, 0.1) is 5.92 Å². The minimum Gasteiger partial charge on any atom is -0.464 e. The van der Waals surface area contributed by atoms with Gasteiger partial charge in [0.05, 0.1) is 18.9 Å². The van der Waals surface area contributed by atoms with E-state index in [1.54, 1.807) is 30.3 Å². The second kappa shape index (κ2) is 13.7. The van der Waals surface area contributed by atoms with Gasteiger partial charge in [-0.2, -0.15) is 10.2 Å². The van der Waals surface area contributed by atoms with Gasteiger partial charge in [-0.15, -0.1) is 0 Å². The summed E-state index contributed by atoms with van der Waals surface area (Å²) in [6.45, 7) is 4.74. The minimum absolute atomic E-state index is 0.136. The third-order valence-electron chi connectivity index (χ3n) is 7.17. The predicted octanol–water partition coefficient (Wildman–Crippen LogP) is 3.27. The van der Waals surface area contributed by atoms with Crippen LogP contribution >= 0.6 is 7.75 Å². The van der Waals surface area contributed by atoms with Crippen molar-refractivity contribution in [2.45, 2.75) is 63.7 Å². The van der Waals surface area contributed by atoms with Gasteiger partial charge in [-0.3, -0.25) is 9.32 Å². The zero-order chi connectivity index (χ0) is 31.2. The summed E-state index contributed by atoms with van der Waals surface area (Å²) in [6.07, 6.45) is -1.91. The molecule has 0 saturated carbocycles. The Morgan fingerprint density at radius 2 is 2.00 bits per heavy atom. The van der Waals surface area contributed by atoms with Crippen LogP contribution in [0.3, 0.4) is 0 Å². The lowest BCUT2D eigenvalue weighted by atomic mass is 10.0. The van der Waals surface area contributed by atoms with Crippen LogP contribution in [-0.2, 0) is 23.4 Å². The quantitative estimate of drug-likeness (QED) is 0.0671. The molecule has 5 N–H and O–H groups in total. The standard InChI is InChI=1S/C26H35N8O8P/c1-4-17(5-2)13-39-25(37)16(3)31-43(38,42-18-9-7-6-8-10-18)40-14-26(32-33-28)23(36)21(35)22(41-26)19-11-12-20-24(27)29-15-30-34(19)20/h6-12,15-17,21-23,35-36H,4-5,13-14H2,1-3H3,(H,31,38)(H2,27,29,30)/t16-,21-,22-,23-,26?,43?/m0/s1. The van der Waals surface area contributed by atoms with Crippen molar-refractivity contribution in [3.05, 3.63) is 64.9 Å². The lowest BCUT2D eigenvalue weighted by Crippen LogP contribution is -2.45. The normalized spacial score (nSPS) is 23.9. The molecular formula is C26H35N8O8P. The first kappa shape index (κ1) is 32.2. The van der Waals surface area contributed by atoms with E-state index in [4.69, 9.17) is 24.3 Å². The maximum absolute atomic E-state index is 14.0. The molecule has 1 aromatic carbocycles. The number of fused-ring (bicyclic) bond motifs is 1. The van der Waals surface area contributed by atoms with Gasteiger partial charge in [0, 0.05) is 4.91 Å². The first-order valence-corrected chi connectivity index (χ1v) is 15.2. The summed E-state index contributed by atoms with van der Waals surface area (Å²) in [6, 6.07) is 10.0. The van der Waals surface area contributed by atoms with E-state index in [0.717, 1.165) is 12.8 Å². The van der Waals surface area contributed by atoms with Crippen molar-refractivity contribution in [2.75, 3.05) is 18.9 Å². The van der Waals surface area contributed by atoms with Crippen LogP contribution in [0.4, 0.5) is 5.82 Å². The highest BCUT2D eigenvalue weighted by molar-refractivity contribution is 7.52. The first-order chi connectivity index (χ1) is 20.6. The lowest BCUT2D eigenvalue weighted by molar-refractivity contribution is -0.146. The number of esters is 1. The van der Waals surface area contributed by atoms with Crippen molar-refractivity contribution < 1.29 is 38.1 Å². The van der Waals surface area contributed by atoms with Crippen LogP contribution in [0.1, 0.15) is 45.4 Å². The van der Waals surface area contributed by atoms with Gasteiger partial charge in [0.15, 0.2) is 11.5 Å². The topological polar surface area (TPSA) is 229 Å². The molecule has 4 rings (SSSR count). The van der Waals surface area contributed by atoms with E-state index in [9.17, 15) is 25.1 Å². The Balaban J connectivity index is 1.58. The molecule has 16 nitrogen and oxygen atoms in total. The van der Waals surface area contributed by atoms with Crippen molar-refractivity contribution in [3.8, 4) is 5.75 Å². The van der Waals surface area contributed by atoms with Crippen LogP contribution in [0.2, 0.25) is 0 Å². The number of hydrogen-bond acceptors (Lipinski definition) is 12. The smallest absolute Gasteiger partial charge is 0.459 e. The van der Waals surface area contributed by atoms with E-state index < -0.39 is 50.4 Å². The number of nitrogen functional groups attached to an aromatic ring is 1. The number of benzene rings is 1. The van der Waals surface area contributed by atoms with E-state index >= 15 is 0 Å². The molecule has 0 amide bonds. The molecule has 232 valence electrons. The van der Waals surface area contributed by atoms with Gasteiger partial charge >= 0.3 is 13.7 Å². The average molecular weight is 619 g/mol. The highest BCUT2D eigenvalue weighted by Gasteiger charge is 2.56. The summed E-state index contributed by atoms with van der Waals surface area (Å²) in [5, 5.41) is 32.3. The second-order valence-corrected chi connectivity index (χ2v) is 11.7. The number of carbonyl (C=O) groups excluding carboxylic acids is 1. The van der Waals surface area contributed by atoms with Crippen LogP contribution in [0.25, 0.3) is 16.0 Å². The predicted molar refractivity (Wildman–Crippen MR) is 153 cm³/mol.